The second-order valence-electron chi connectivity index (χ2n) is 10.7. The molecule has 3 heterocycles. The SMILES string of the molecule is CCCNCCn1cc(C(=O)[C@@H]2Cc3cc(OC)ccc3OC2(OS(C)(=O)=O)OS(C)(=O)=O)c2ccc(-c3cn[nH]c3Cl)cc21. The zero-order valence-electron chi connectivity index (χ0n) is 25.0. The molecule has 16 heteroatoms. The van der Waals surface area contributed by atoms with Gasteiger partial charge in [-0.25, -0.2) is 0 Å². The Morgan fingerprint density at radius 1 is 1.13 bits per heavy atom. The molecular formula is C29H33ClN4O9S2. The Balaban J connectivity index is 1.68. The van der Waals surface area contributed by atoms with Crippen molar-refractivity contribution in [2.24, 2.45) is 5.92 Å². The van der Waals surface area contributed by atoms with Crippen molar-refractivity contribution in [1.29, 1.82) is 0 Å². The zero-order chi connectivity index (χ0) is 32.6. The molecule has 242 valence electrons. The molecule has 0 saturated heterocycles. The molecule has 2 aromatic carbocycles. The topological polar surface area (TPSA) is 168 Å². The number of carbonyl (C=O) groups is 1. The van der Waals surface area contributed by atoms with Crippen molar-refractivity contribution in [2.45, 2.75) is 32.3 Å². The van der Waals surface area contributed by atoms with E-state index in [2.05, 4.69) is 22.4 Å². The highest BCUT2D eigenvalue weighted by Gasteiger charge is 2.57. The van der Waals surface area contributed by atoms with Gasteiger partial charge in [0.25, 0.3) is 20.2 Å². The average molecular weight is 681 g/mol. The minimum atomic E-state index is -4.43. The zero-order valence-corrected chi connectivity index (χ0v) is 27.4. The van der Waals surface area contributed by atoms with Gasteiger partial charge in [0.15, 0.2) is 5.78 Å². The van der Waals surface area contributed by atoms with Gasteiger partial charge in [-0.15, -0.1) is 0 Å². The summed E-state index contributed by atoms with van der Waals surface area (Å²) in [6.07, 6.45) is 5.42. The van der Waals surface area contributed by atoms with E-state index in [-0.39, 0.29) is 17.7 Å². The van der Waals surface area contributed by atoms with Crippen molar-refractivity contribution in [3.05, 3.63) is 65.1 Å². The number of carbonyl (C=O) groups excluding carboxylic acids is 1. The van der Waals surface area contributed by atoms with Crippen molar-refractivity contribution in [3.63, 3.8) is 0 Å². The monoisotopic (exact) mass is 680 g/mol. The second-order valence-corrected chi connectivity index (χ2v) is 14.2. The van der Waals surface area contributed by atoms with E-state index in [9.17, 15) is 21.6 Å². The minimum Gasteiger partial charge on any atom is -0.497 e. The number of aromatic amines is 1. The summed E-state index contributed by atoms with van der Waals surface area (Å²) in [4.78, 5) is 14.6. The van der Waals surface area contributed by atoms with Gasteiger partial charge in [-0.2, -0.15) is 30.3 Å². The average Bonchev–Trinajstić information content (AvgIpc) is 3.55. The first kappa shape index (κ1) is 32.9. The smallest absolute Gasteiger partial charge is 0.366 e. The number of H-pyrrole nitrogens is 1. The van der Waals surface area contributed by atoms with Crippen LogP contribution in [0.25, 0.3) is 22.0 Å². The molecule has 0 radical (unpaired) electrons. The van der Waals surface area contributed by atoms with Crippen LogP contribution in [0.15, 0.2) is 48.8 Å². The lowest BCUT2D eigenvalue weighted by atomic mass is 9.86. The number of ketones is 1. The summed E-state index contributed by atoms with van der Waals surface area (Å²) in [6, 6.07) is 10.0. The Hall–Kier alpha value is -3.47. The normalized spacial score (nSPS) is 16.3. The molecular weight excluding hydrogens is 648 g/mol. The van der Waals surface area contributed by atoms with Gasteiger partial charge in [0.2, 0.25) is 0 Å². The molecule has 45 heavy (non-hydrogen) atoms. The van der Waals surface area contributed by atoms with E-state index in [0.717, 1.165) is 18.5 Å². The molecule has 2 aromatic heterocycles. The molecule has 0 spiro atoms. The van der Waals surface area contributed by atoms with E-state index >= 15 is 0 Å². The largest absolute Gasteiger partial charge is 0.497 e. The van der Waals surface area contributed by atoms with Crippen molar-refractivity contribution < 1.29 is 39.5 Å². The minimum absolute atomic E-state index is 0.0678. The van der Waals surface area contributed by atoms with Gasteiger partial charge in [0, 0.05) is 41.3 Å². The molecule has 0 bridgehead atoms. The van der Waals surface area contributed by atoms with Crippen molar-refractivity contribution >= 4 is 48.5 Å². The lowest BCUT2D eigenvalue weighted by molar-refractivity contribution is -0.275. The predicted molar refractivity (Wildman–Crippen MR) is 167 cm³/mol. The summed E-state index contributed by atoms with van der Waals surface area (Å²) < 4.78 is 73.8. The van der Waals surface area contributed by atoms with E-state index in [0.29, 0.717) is 58.5 Å². The third-order valence-corrected chi connectivity index (χ3v) is 8.59. The predicted octanol–water partition coefficient (Wildman–Crippen LogP) is 3.73. The van der Waals surface area contributed by atoms with Gasteiger partial charge < -0.3 is 19.4 Å². The first-order chi connectivity index (χ1) is 21.2. The Kier molecular flexibility index (Phi) is 9.31. The third kappa shape index (κ3) is 7.18. The van der Waals surface area contributed by atoms with Crippen LogP contribution >= 0.6 is 11.6 Å². The van der Waals surface area contributed by atoms with Crippen LogP contribution in [0.3, 0.4) is 0 Å². The summed E-state index contributed by atoms with van der Waals surface area (Å²) >= 11 is 6.30. The number of rotatable bonds is 13. The summed E-state index contributed by atoms with van der Waals surface area (Å²) in [5.74, 6) is -4.58. The van der Waals surface area contributed by atoms with Crippen molar-refractivity contribution in [1.82, 2.24) is 20.1 Å². The van der Waals surface area contributed by atoms with Gasteiger partial charge >= 0.3 is 5.97 Å². The first-order valence-corrected chi connectivity index (χ1v) is 18.0. The maximum Gasteiger partial charge on any atom is 0.366 e. The van der Waals surface area contributed by atoms with E-state index in [1.807, 2.05) is 10.6 Å². The van der Waals surface area contributed by atoms with Gasteiger partial charge in [0.1, 0.15) is 22.6 Å². The van der Waals surface area contributed by atoms with Crippen LogP contribution in [-0.2, 0) is 41.6 Å². The van der Waals surface area contributed by atoms with E-state index in [1.165, 1.54) is 19.2 Å². The lowest BCUT2D eigenvalue weighted by Crippen LogP contribution is -2.56. The number of hydrogen-bond acceptors (Lipinski definition) is 11. The van der Waals surface area contributed by atoms with Crippen LogP contribution in [0.4, 0.5) is 0 Å². The maximum atomic E-state index is 14.6. The maximum absolute atomic E-state index is 14.6. The standard InChI is InChI=1S/C29H33ClN4O9S2/c1-5-10-31-11-12-34-17-23(21-8-6-18(15-25(21)34)22-16-32-33-28(22)30)27(35)24-14-19-13-20(40-2)7-9-26(19)41-29(24,42-44(3,36)37)43-45(4,38)39/h6-9,13,15-17,24,31H,5,10-12,14H2,1-4H3,(H,32,33)/t24-/m0/s1. The van der Waals surface area contributed by atoms with Crippen LogP contribution in [-0.4, -0.2) is 76.1 Å². The van der Waals surface area contributed by atoms with Gasteiger partial charge in [0.05, 0.1) is 25.8 Å². The molecule has 5 rings (SSSR count). The Labute approximate surface area is 266 Å². The highest BCUT2D eigenvalue weighted by Crippen LogP contribution is 2.44. The molecule has 1 atom stereocenters. The van der Waals surface area contributed by atoms with Crippen LogP contribution in [0.2, 0.25) is 5.15 Å². The van der Waals surface area contributed by atoms with Crippen LogP contribution < -0.4 is 14.8 Å². The number of nitrogens with zero attached hydrogens (tertiary/aromatic N) is 2. The number of ether oxygens (including phenoxy) is 2. The molecule has 0 amide bonds. The quantitative estimate of drug-likeness (QED) is 0.0914. The van der Waals surface area contributed by atoms with E-state index in [1.54, 1.807) is 30.6 Å². The summed E-state index contributed by atoms with van der Waals surface area (Å²) in [5, 5.41) is 10.9. The van der Waals surface area contributed by atoms with Gasteiger partial charge in [-0.1, -0.05) is 30.7 Å². The Morgan fingerprint density at radius 3 is 2.49 bits per heavy atom. The van der Waals surface area contributed by atoms with Crippen molar-refractivity contribution in [2.75, 3.05) is 32.7 Å². The Bertz CT molecular complexity index is 1920. The molecule has 0 fully saturated rings. The van der Waals surface area contributed by atoms with Crippen molar-refractivity contribution in [3.8, 4) is 22.6 Å². The first-order valence-electron chi connectivity index (χ1n) is 14.0. The third-order valence-electron chi connectivity index (χ3n) is 7.23. The molecule has 0 saturated carbocycles. The number of aromatic nitrogens is 3. The van der Waals surface area contributed by atoms with E-state index < -0.39 is 37.9 Å². The second kappa shape index (κ2) is 12.7. The number of Topliss-reactive ketones (excluding diaryl/α,β-unsaturated/α-hetero) is 1. The number of methoxy groups -OCH3 is 1. The molecule has 0 aliphatic carbocycles. The fourth-order valence-electron chi connectivity index (χ4n) is 5.35. The summed E-state index contributed by atoms with van der Waals surface area (Å²) in [6.45, 7) is 3.94. The fourth-order valence-corrected chi connectivity index (χ4v) is 6.81. The fraction of sp³-hybridized carbons (Fsp3) is 0.379. The number of halogens is 1. The lowest BCUT2D eigenvalue weighted by Gasteiger charge is -2.40. The molecule has 4 aromatic rings. The summed E-state index contributed by atoms with van der Waals surface area (Å²) in [7, 11) is -7.40. The molecule has 13 nitrogen and oxygen atoms in total. The number of hydrogen-bond donors (Lipinski definition) is 2. The number of benzene rings is 2. The molecule has 1 aliphatic rings. The van der Waals surface area contributed by atoms with Gasteiger partial charge in [-0.05, 0) is 54.8 Å². The Morgan fingerprint density at radius 2 is 1.87 bits per heavy atom. The summed E-state index contributed by atoms with van der Waals surface area (Å²) in [5.41, 5.74) is 2.74. The van der Waals surface area contributed by atoms with Crippen LogP contribution in [0, 0.1) is 5.92 Å². The van der Waals surface area contributed by atoms with E-state index in [4.69, 9.17) is 29.4 Å². The van der Waals surface area contributed by atoms with Crippen LogP contribution in [0.1, 0.15) is 29.3 Å². The number of nitrogens with one attached hydrogen (secondary N) is 2. The number of fused-ring (bicyclic) bond motifs is 2. The molecule has 2 N–H and O–H groups in total. The highest BCUT2D eigenvalue weighted by atomic mass is 35.5. The molecule has 0 unspecified atom stereocenters. The molecule has 1 aliphatic heterocycles. The highest BCUT2D eigenvalue weighted by molar-refractivity contribution is 7.86. The van der Waals surface area contributed by atoms with Crippen LogP contribution in [0.5, 0.6) is 11.5 Å². The van der Waals surface area contributed by atoms with Gasteiger partial charge in [-0.3, -0.25) is 9.89 Å².